The highest BCUT2D eigenvalue weighted by molar-refractivity contribution is 5.38. The molecule has 0 aliphatic carbocycles. The molecule has 0 radical (unpaired) electrons. The molecule has 0 saturated carbocycles. The van der Waals surface area contributed by atoms with Crippen LogP contribution in [-0.4, -0.2) is 37.2 Å². The molecular weight excluding hydrogens is 418 g/mol. The van der Waals surface area contributed by atoms with E-state index in [4.69, 9.17) is 4.74 Å². The molecule has 6 rings (SSSR count). The average molecular weight is 449 g/mol. The lowest BCUT2D eigenvalue weighted by Crippen LogP contribution is -2.64. The van der Waals surface area contributed by atoms with Crippen molar-refractivity contribution < 1.29 is 13.5 Å². The van der Waals surface area contributed by atoms with E-state index in [9.17, 15) is 4.39 Å². The summed E-state index contributed by atoms with van der Waals surface area (Å²) < 4.78 is 34.5. The number of hydrogen-bond acceptors (Lipinski definition) is 3. The van der Waals surface area contributed by atoms with Crippen molar-refractivity contribution in [3.05, 3.63) is 101 Å². The smallest absolute Gasteiger partial charge is 0.129 e. The lowest BCUT2D eigenvalue weighted by atomic mass is 9.70. The van der Waals surface area contributed by atoms with Crippen molar-refractivity contribution in [2.24, 2.45) is 5.92 Å². The van der Waals surface area contributed by atoms with Gasteiger partial charge < -0.3 is 10.1 Å². The Kier molecular flexibility index (Phi) is 6.43. The number of para-hydroxylation sites is 1. The third-order valence-corrected chi connectivity index (χ3v) is 7.39. The summed E-state index contributed by atoms with van der Waals surface area (Å²) in [4.78, 5) is 2.50. The fourth-order valence-corrected chi connectivity index (χ4v) is 5.84. The minimum Gasteiger partial charge on any atom is -0.496 e. The van der Waals surface area contributed by atoms with Crippen molar-refractivity contribution in [2.75, 3.05) is 20.2 Å². The van der Waals surface area contributed by atoms with Crippen molar-refractivity contribution in [3.63, 3.8) is 0 Å². The number of ether oxygens (including phenoxy) is 1. The van der Waals surface area contributed by atoms with Gasteiger partial charge in [0, 0.05) is 36.2 Å². The summed E-state index contributed by atoms with van der Waals surface area (Å²) in [7, 11) is 1.69. The third-order valence-electron chi connectivity index (χ3n) is 7.39. The van der Waals surface area contributed by atoms with E-state index in [1.807, 2.05) is 36.4 Å². The van der Waals surface area contributed by atoms with Gasteiger partial charge in [-0.05, 0) is 55.1 Å². The Bertz CT molecular complexity index is 1080. The Morgan fingerprint density at radius 3 is 2.42 bits per heavy atom. The summed E-state index contributed by atoms with van der Waals surface area (Å²) in [5.74, 6) is 0.177. The third kappa shape index (κ3) is 4.40. The molecule has 3 fully saturated rings. The summed E-state index contributed by atoms with van der Waals surface area (Å²) in [5.41, 5.74) is 2.73. The number of hydrogen-bond donors (Lipinski definition) is 1. The van der Waals surface area contributed by atoms with Crippen LogP contribution in [0.4, 0.5) is 8.78 Å². The summed E-state index contributed by atoms with van der Waals surface area (Å²) in [6.45, 7) is 2.70. The first kappa shape index (κ1) is 22.1. The summed E-state index contributed by atoms with van der Waals surface area (Å²) in [5, 5.41) is 3.83. The molecule has 3 saturated heterocycles. The van der Waals surface area contributed by atoms with Crippen molar-refractivity contribution in [1.82, 2.24) is 10.2 Å². The topological polar surface area (TPSA) is 24.5 Å². The van der Waals surface area contributed by atoms with Crippen LogP contribution < -0.4 is 10.1 Å². The molecule has 0 amide bonds. The largest absolute Gasteiger partial charge is 0.496 e. The van der Waals surface area contributed by atoms with Crippen LogP contribution in [0.15, 0.2) is 72.8 Å². The molecule has 3 nitrogen and oxygen atoms in total. The molecule has 0 spiro atoms. The first-order valence-electron chi connectivity index (χ1n) is 11.7. The molecule has 3 unspecified atom stereocenters. The Labute approximate surface area is 194 Å². The molecule has 3 atom stereocenters. The number of benzene rings is 3. The van der Waals surface area contributed by atoms with Gasteiger partial charge in [0.05, 0.1) is 7.11 Å². The Morgan fingerprint density at radius 1 is 0.970 bits per heavy atom. The van der Waals surface area contributed by atoms with E-state index in [1.165, 1.54) is 6.07 Å². The van der Waals surface area contributed by atoms with E-state index < -0.39 is 11.6 Å². The van der Waals surface area contributed by atoms with Crippen LogP contribution in [0.2, 0.25) is 0 Å². The van der Waals surface area contributed by atoms with Gasteiger partial charge in [0.2, 0.25) is 0 Å². The van der Waals surface area contributed by atoms with Crippen LogP contribution in [0.3, 0.4) is 0 Å². The zero-order chi connectivity index (χ0) is 22.8. The zero-order valence-corrected chi connectivity index (χ0v) is 18.9. The van der Waals surface area contributed by atoms with E-state index in [1.54, 1.807) is 13.2 Å². The second-order valence-electron chi connectivity index (χ2n) is 9.14. The number of fused-ring (bicyclic) bond motifs is 3. The molecule has 0 aromatic heterocycles. The number of nitrogens with zero attached hydrogens (tertiary/aromatic N) is 1. The van der Waals surface area contributed by atoms with Gasteiger partial charge >= 0.3 is 0 Å². The second kappa shape index (κ2) is 9.62. The van der Waals surface area contributed by atoms with Gasteiger partial charge in [-0.3, -0.25) is 4.90 Å². The first-order chi connectivity index (χ1) is 16.2. The predicted molar refractivity (Wildman–Crippen MR) is 126 cm³/mol. The van der Waals surface area contributed by atoms with Gasteiger partial charge in [-0.15, -0.1) is 0 Å². The highest BCUT2D eigenvalue weighted by Gasteiger charge is 2.46. The fraction of sp³-hybridized carbons (Fsp3) is 0.357. The molecule has 2 bridgehead atoms. The molecule has 3 aliphatic heterocycles. The number of rotatable bonds is 7. The number of methoxy groups -OCH3 is 1. The van der Waals surface area contributed by atoms with Crippen LogP contribution in [0.1, 0.15) is 35.4 Å². The fourth-order valence-electron chi connectivity index (χ4n) is 5.84. The molecule has 33 heavy (non-hydrogen) atoms. The standard InChI is InChI=1S/C28H30F2N2O/c1-33-25-10-6-5-9-21(25)18-31-27-20-13-15-32(16-14-20)28(27)26(19-7-3-2-4-8-19)23-12-11-22(29)17-24(23)30/h2-12,17,20,26-28,31H,13-16,18H2,1H3. The molecule has 3 aromatic rings. The summed E-state index contributed by atoms with van der Waals surface area (Å²) >= 11 is 0. The van der Waals surface area contributed by atoms with Crippen LogP contribution in [0.25, 0.3) is 0 Å². The maximum atomic E-state index is 15.2. The highest BCUT2D eigenvalue weighted by Crippen LogP contribution is 2.43. The number of nitrogens with one attached hydrogen (secondary N) is 1. The van der Waals surface area contributed by atoms with Gasteiger partial charge in [0.1, 0.15) is 17.4 Å². The van der Waals surface area contributed by atoms with Crippen LogP contribution in [0.5, 0.6) is 5.75 Å². The van der Waals surface area contributed by atoms with Gasteiger partial charge in [-0.2, -0.15) is 0 Å². The maximum absolute atomic E-state index is 15.2. The molecule has 1 N–H and O–H groups in total. The van der Waals surface area contributed by atoms with Crippen molar-refractivity contribution in [2.45, 2.75) is 37.4 Å². The lowest BCUT2D eigenvalue weighted by Gasteiger charge is -2.54. The Morgan fingerprint density at radius 2 is 1.70 bits per heavy atom. The van der Waals surface area contributed by atoms with Gasteiger partial charge in [0.15, 0.2) is 0 Å². The maximum Gasteiger partial charge on any atom is 0.129 e. The Balaban J connectivity index is 1.53. The Hall–Kier alpha value is -2.76. The normalized spacial score (nSPS) is 25.1. The van der Waals surface area contributed by atoms with E-state index in [0.717, 1.165) is 48.9 Å². The highest BCUT2D eigenvalue weighted by atomic mass is 19.1. The second-order valence-corrected chi connectivity index (χ2v) is 9.14. The average Bonchev–Trinajstić information content (AvgIpc) is 2.86. The molecule has 3 aromatic carbocycles. The summed E-state index contributed by atoms with van der Waals surface area (Å²) in [6.07, 6.45) is 2.26. The lowest BCUT2D eigenvalue weighted by molar-refractivity contribution is 0.00418. The minimum atomic E-state index is -0.542. The van der Waals surface area contributed by atoms with Crippen molar-refractivity contribution in [1.29, 1.82) is 0 Å². The van der Waals surface area contributed by atoms with Crippen LogP contribution in [0, 0.1) is 17.6 Å². The quantitative estimate of drug-likeness (QED) is 0.527. The minimum absolute atomic E-state index is 0.0783. The van der Waals surface area contributed by atoms with Crippen LogP contribution in [-0.2, 0) is 6.54 Å². The van der Waals surface area contributed by atoms with E-state index in [-0.39, 0.29) is 18.0 Å². The number of halogens is 2. The van der Waals surface area contributed by atoms with Crippen molar-refractivity contribution in [3.8, 4) is 5.75 Å². The van der Waals surface area contributed by atoms with Crippen molar-refractivity contribution >= 4 is 0 Å². The molecule has 3 heterocycles. The first-order valence-corrected chi connectivity index (χ1v) is 11.7. The van der Waals surface area contributed by atoms with E-state index in [2.05, 4.69) is 28.4 Å². The monoisotopic (exact) mass is 448 g/mol. The van der Waals surface area contributed by atoms with Gasteiger partial charge in [-0.1, -0.05) is 54.6 Å². The molecular formula is C28H30F2N2O. The van der Waals surface area contributed by atoms with Gasteiger partial charge in [0.25, 0.3) is 0 Å². The molecule has 5 heteroatoms. The van der Waals surface area contributed by atoms with Crippen LogP contribution >= 0.6 is 0 Å². The zero-order valence-electron chi connectivity index (χ0n) is 18.9. The summed E-state index contributed by atoms with van der Waals surface area (Å²) in [6, 6.07) is 22.4. The van der Waals surface area contributed by atoms with Gasteiger partial charge in [-0.25, -0.2) is 8.78 Å². The van der Waals surface area contributed by atoms with E-state index >= 15 is 4.39 Å². The molecule has 3 aliphatic rings. The SMILES string of the molecule is COc1ccccc1CNC1C2CCN(CC2)C1C(c1ccccc1)c1ccc(F)cc1F. The van der Waals surface area contributed by atoms with E-state index in [0.29, 0.717) is 18.0 Å². The predicted octanol–water partition coefficient (Wildman–Crippen LogP) is 5.36. The molecule has 172 valence electrons. The number of piperidine rings is 3.